The first-order valence-corrected chi connectivity index (χ1v) is 4.02. The Bertz CT molecular complexity index is 190. The number of carbonyl (C=O) groups is 2. The van der Waals surface area contributed by atoms with Gasteiger partial charge in [-0.15, -0.1) is 11.6 Å². The first-order chi connectivity index (χ1) is 4.63. The van der Waals surface area contributed by atoms with Crippen molar-refractivity contribution in [3.63, 3.8) is 0 Å². The van der Waals surface area contributed by atoms with E-state index in [-0.39, 0.29) is 11.6 Å². The van der Waals surface area contributed by atoms with E-state index in [1.54, 1.807) is 0 Å². The molecule has 0 bridgehead atoms. The SMILES string of the molecule is O=C1C=CC(=O)[C@H](Cl)[C@@H]1Br. The normalized spacial score (nSPS) is 33.0. The van der Waals surface area contributed by atoms with Gasteiger partial charge in [0.15, 0.2) is 11.6 Å². The molecule has 1 aliphatic rings. The van der Waals surface area contributed by atoms with Crippen molar-refractivity contribution in [3.05, 3.63) is 12.2 Å². The number of halogens is 2. The quantitative estimate of drug-likeness (QED) is 0.576. The lowest BCUT2D eigenvalue weighted by Gasteiger charge is -2.13. The highest BCUT2D eigenvalue weighted by Crippen LogP contribution is 2.18. The summed E-state index contributed by atoms with van der Waals surface area (Å²) in [5.41, 5.74) is 0. The molecule has 0 saturated heterocycles. The number of ketones is 2. The maximum atomic E-state index is 10.8. The number of hydrogen-bond acceptors (Lipinski definition) is 2. The van der Waals surface area contributed by atoms with Crippen molar-refractivity contribution in [1.29, 1.82) is 0 Å². The topological polar surface area (TPSA) is 34.1 Å². The average molecular weight is 223 g/mol. The summed E-state index contributed by atoms with van der Waals surface area (Å²) in [5.74, 6) is -0.372. The zero-order valence-electron chi connectivity index (χ0n) is 4.88. The van der Waals surface area contributed by atoms with E-state index in [9.17, 15) is 9.59 Å². The highest BCUT2D eigenvalue weighted by molar-refractivity contribution is 9.10. The van der Waals surface area contributed by atoms with Crippen molar-refractivity contribution in [2.75, 3.05) is 0 Å². The van der Waals surface area contributed by atoms with E-state index in [2.05, 4.69) is 15.9 Å². The van der Waals surface area contributed by atoms with Gasteiger partial charge in [-0.25, -0.2) is 0 Å². The van der Waals surface area contributed by atoms with Crippen molar-refractivity contribution in [3.8, 4) is 0 Å². The van der Waals surface area contributed by atoms with Crippen molar-refractivity contribution in [2.24, 2.45) is 0 Å². The summed E-state index contributed by atoms with van der Waals surface area (Å²) in [4.78, 5) is 21.0. The molecule has 54 valence electrons. The van der Waals surface area contributed by atoms with Gasteiger partial charge >= 0.3 is 0 Å². The second-order valence-corrected chi connectivity index (χ2v) is 3.40. The van der Waals surface area contributed by atoms with E-state index in [4.69, 9.17) is 11.6 Å². The Morgan fingerprint density at radius 2 is 1.80 bits per heavy atom. The summed E-state index contributed by atoms with van der Waals surface area (Å²) in [7, 11) is 0. The summed E-state index contributed by atoms with van der Waals surface area (Å²) in [6, 6.07) is 0. The van der Waals surface area contributed by atoms with Crippen LogP contribution in [0.15, 0.2) is 12.2 Å². The molecule has 0 saturated carbocycles. The number of alkyl halides is 2. The van der Waals surface area contributed by atoms with Gasteiger partial charge in [-0.3, -0.25) is 9.59 Å². The molecule has 0 aliphatic heterocycles. The predicted molar refractivity (Wildman–Crippen MR) is 41.5 cm³/mol. The molecule has 0 spiro atoms. The fourth-order valence-corrected chi connectivity index (χ4v) is 1.25. The minimum atomic E-state index is -0.738. The molecule has 0 aromatic rings. The monoisotopic (exact) mass is 222 g/mol. The minimum absolute atomic E-state index is 0.153. The molecule has 10 heavy (non-hydrogen) atoms. The molecule has 0 heterocycles. The first kappa shape index (κ1) is 7.95. The van der Waals surface area contributed by atoms with Crippen LogP contribution in [0.1, 0.15) is 0 Å². The van der Waals surface area contributed by atoms with Crippen LogP contribution in [0.2, 0.25) is 0 Å². The lowest BCUT2D eigenvalue weighted by molar-refractivity contribution is -0.120. The zero-order valence-corrected chi connectivity index (χ0v) is 7.22. The van der Waals surface area contributed by atoms with E-state index in [0.717, 1.165) is 0 Å². The zero-order chi connectivity index (χ0) is 7.72. The van der Waals surface area contributed by atoms with Crippen LogP contribution in [0.5, 0.6) is 0 Å². The van der Waals surface area contributed by atoms with Crippen LogP contribution in [0.3, 0.4) is 0 Å². The molecule has 0 unspecified atom stereocenters. The van der Waals surface area contributed by atoms with Gasteiger partial charge in [0.05, 0.1) is 0 Å². The Morgan fingerprint density at radius 3 is 2.30 bits per heavy atom. The summed E-state index contributed by atoms with van der Waals surface area (Å²) >= 11 is 8.55. The third kappa shape index (κ3) is 1.30. The van der Waals surface area contributed by atoms with Gasteiger partial charge in [-0.1, -0.05) is 15.9 Å². The van der Waals surface area contributed by atoms with E-state index >= 15 is 0 Å². The highest BCUT2D eigenvalue weighted by atomic mass is 79.9. The van der Waals surface area contributed by atoms with Crippen LogP contribution < -0.4 is 0 Å². The lowest BCUT2D eigenvalue weighted by atomic mass is 10.1. The molecule has 0 aromatic carbocycles. The molecule has 0 amide bonds. The molecule has 2 nitrogen and oxygen atoms in total. The molecule has 1 aliphatic carbocycles. The number of rotatable bonds is 0. The fourth-order valence-electron chi connectivity index (χ4n) is 0.637. The average Bonchev–Trinajstić information content (AvgIpc) is 1.93. The summed E-state index contributed by atoms with van der Waals surface area (Å²) in [6.45, 7) is 0. The Kier molecular flexibility index (Phi) is 2.26. The van der Waals surface area contributed by atoms with E-state index < -0.39 is 10.2 Å². The van der Waals surface area contributed by atoms with Crippen LogP contribution in [0.25, 0.3) is 0 Å². The fraction of sp³-hybridized carbons (Fsp3) is 0.333. The van der Waals surface area contributed by atoms with Gasteiger partial charge in [0.1, 0.15) is 10.2 Å². The van der Waals surface area contributed by atoms with Gasteiger partial charge in [0.2, 0.25) is 0 Å². The molecule has 4 heteroatoms. The second kappa shape index (κ2) is 2.84. The van der Waals surface area contributed by atoms with Crippen LogP contribution in [0, 0.1) is 0 Å². The molecule has 0 aromatic heterocycles. The molecule has 2 atom stereocenters. The largest absolute Gasteiger partial charge is 0.294 e. The molecule has 0 fully saturated rings. The van der Waals surface area contributed by atoms with E-state index in [1.807, 2.05) is 0 Å². The number of hydrogen-bond donors (Lipinski definition) is 0. The van der Waals surface area contributed by atoms with Crippen molar-refractivity contribution >= 4 is 39.1 Å². The van der Waals surface area contributed by atoms with E-state index in [1.165, 1.54) is 12.2 Å². The Labute approximate surface area is 71.4 Å². The first-order valence-electron chi connectivity index (χ1n) is 2.67. The molecular weight excluding hydrogens is 219 g/mol. The van der Waals surface area contributed by atoms with Crippen LogP contribution >= 0.6 is 27.5 Å². The van der Waals surface area contributed by atoms with Gasteiger partial charge in [0, 0.05) is 0 Å². The van der Waals surface area contributed by atoms with Crippen molar-refractivity contribution in [1.82, 2.24) is 0 Å². The van der Waals surface area contributed by atoms with Gasteiger partial charge in [-0.2, -0.15) is 0 Å². The van der Waals surface area contributed by atoms with Crippen molar-refractivity contribution < 1.29 is 9.59 Å². The lowest BCUT2D eigenvalue weighted by Crippen LogP contribution is -2.32. The maximum Gasteiger partial charge on any atom is 0.175 e. The Morgan fingerprint density at radius 1 is 1.30 bits per heavy atom. The molecule has 0 N–H and O–H groups in total. The minimum Gasteiger partial charge on any atom is -0.294 e. The summed E-state index contributed by atoms with van der Waals surface area (Å²) < 4.78 is 0. The highest BCUT2D eigenvalue weighted by Gasteiger charge is 2.30. The smallest absolute Gasteiger partial charge is 0.175 e. The third-order valence-corrected chi connectivity index (χ3v) is 2.96. The second-order valence-electron chi connectivity index (χ2n) is 1.94. The Balaban J connectivity index is 2.89. The molecular formula is C6H4BrClO2. The predicted octanol–water partition coefficient (Wildman–Crippen LogP) is 1.07. The van der Waals surface area contributed by atoms with Crippen molar-refractivity contribution in [2.45, 2.75) is 10.2 Å². The van der Waals surface area contributed by atoms with E-state index in [0.29, 0.717) is 0 Å². The maximum absolute atomic E-state index is 10.8. The van der Waals surface area contributed by atoms with Gasteiger partial charge < -0.3 is 0 Å². The standard InChI is InChI=1S/C6H4BrClO2/c7-5-3(9)1-2-4(10)6(5)8/h1-2,5-6H/t5-,6+/m1/s1. The number of allylic oxidation sites excluding steroid dienone is 2. The van der Waals surface area contributed by atoms with Crippen LogP contribution in [-0.2, 0) is 9.59 Å². The summed E-state index contributed by atoms with van der Waals surface area (Å²) in [6.07, 6.45) is 2.44. The van der Waals surface area contributed by atoms with Crippen LogP contribution in [-0.4, -0.2) is 21.8 Å². The van der Waals surface area contributed by atoms with Gasteiger partial charge in [0.25, 0.3) is 0 Å². The number of carbonyl (C=O) groups excluding carboxylic acids is 2. The summed E-state index contributed by atoms with van der Waals surface area (Å²) in [5, 5.41) is -0.738. The molecule has 0 radical (unpaired) electrons. The third-order valence-electron chi connectivity index (χ3n) is 1.21. The van der Waals surface area contributed by atoms with Gasteiger partial charge in [-0.05, 0) is 12.2 Å². The van der Waals surface area contributed by atoms with Crippen LogP contribution in [0.4, 0.5) is 0 Å². The Hall–Kier alpha value is -0.150. The molecule has 1 rings (SSSR count).